The number of carbonyl (C=O) groups is 1. The van der Waals surface area contributed by atoms with Crippen molar-refractivity contribution in [2.75, 3.05) is 0 Å². The minimum atomic E-state index is -0.556. The lowest BCUT2D eigenvalue weighted by atomic mass is 10.2. The molecule has 1 atom stereocenters. The summed E-state index contributed by atoms with van der Waals surface area (Å²) in [5.41, 5.74) is 1.16. The summed E-state index contributed by atoms with van der Waals surface area (Å²) >= 11 is 0. The number of nitrogens with one attached hydrogen (secondary N) is 1. The number of fused-ring (bicyclic) bond motifs is 1. The Morgan fingerprint density at radius 2 is 2.04 bits per heavy atom. The molecule has 1 aromatic carbocycles. The fourth-order valence-electron chi connectivity index (χ4n) is 2.86. The summed E-state index contributed by atoms with van der Waals surface area (Å²) < 4.78 is 7.82. The van der Waals surface area contributed by atoms with E-state index < -0.39 is 6.10 Å². The van der Waals surface area contributed by atoms with Crippen LogP contribution in [0.3, 0.4) is 0 Å². The van der Waals surface area contributed by atoms with Gasteiger partial charge in [0.25, 0.3) is 5.91 Å². The SMILES string of the molecule is Cc1ccc(OC(C)C(=O)NCc2nnc3n2CCCCC3)cc1. The van der Waals surface area contributed by atoms with Gasteiger partial charge in [0.2, 0.25) is 0 Å². The number of ether oxygens (including phenoxy) is 1. The first kappa shape index (κ1) is 16.5. The molecular weight excluding hydrogens is 304 g/mol. The van der Waals surface area contributed by atoms with E-state index in [4.69, 9.17) is 4.74 Å². The summed E-state index contributed by atoms with van der Waals surface area (Å²) in [6.45, 7) is 5.08. The van der Waals surface area contributed by atoms with E-state index in [9.17, 15) is 4.79 Å². The monoisotopic (exact) mass is 328 g/mol. The van der Waals surface area contributed by atoms with Crippen molar-refractivity contribution in [2.24, 2.45) is 0 Å². The second-order valence-electron chi connectivity index (χ2n) is 6.29. The molecule has 0 saturated carbocycles. The summed E-state index contributed by atoms with van der Waals surface area (Å²) in [6, 6.07) is 7.67. The Bertz CT molecular complexity index is 694. The van der Waals surface area contributed by atoms with Gasteiger partial charge in [-0.1, -0.05) is 24.1 Å². The lowest BCUT2D eigenvalue weighted by molar-refractivity contribution is -0.127. The van der Waals surface area contributed by atoms with Gasteiger partial charge in [-0.25, -0.2) is 0 Å². The summed E-state index contributed by atoms with van der Waals surface area (Å²) in [4.78, 5) is 12.3. The van der Waals surface area contributed by atoms with Gasteiger partial charge in [0, 0.05) is 13.0 Å². The van der Waals surface area contributed by atoms with E-state index in [1.165, 1.54) is 6.42 Å². The lowest BCUT2D eigenvalue weighted by Gasteiger charge is -2.15. The van der Waals surface area contributed by atoms with E-state index in [0.717, 1.165) is 43.0 Å². The highest BCUT2D eigenvalue weighted by molar-refractivity contribution is 5.80. The smallest absolute Gasteiger partial charge is 0.261 e. The molecule has 1 N–H and O–H groups in total. The number of aromatic nitrogens is 3. The van der Waals surface area contributed by atoms with Gasteiger partial charge in [0.15, 0.2) is 11.9 Å². The minimum Gasteiger partial charge on any atom is -0.481 e. The molecular formula is C18H24N4O2. The number of amides is 1. The highest BCUT2D eigenvalue weighted by Gasteiger charge is 2.18. The highest BCUT2D eigenvalue weighted by atomic mass is 16.5. The number of hydrogen-bond acceptors (Lipinski definition) is 4. The number of rotatable bonds is 5. The molecule has 1 unspecified atom stereocenters. The van der Waals surface area contributed by atoms with Gasteiger partial charge in [-0.15, -0.1) is 10.2 Å². The fourth-order valence-corrected chi connectivity index (χ4v) is 2.86. The molecule has 0 bridgehead atoms. The zero-order valence-electron chi connectivity index (χ0n) is 14.3. The molecule has 1 aliphatic heterocycles. The summed E-state index contributed by atoms with van der Waals surface area (Å²) in [7, 11) is 0. The first-order valence-corrected chi connectivity index (χ1v) is 8.55. The van der Waals surface area contributed by atoms with Crippen molar-refractivity contribution < 1.29 is 9.53 Å². The van der Waals surface area contributed by atoms with E-state index in [1.54, 1.807) is 6.92 Å². The van der Waals surface area contributed by atoms with E-state index in [0.29, 0.717) is 12.3 Å². The van der Waals surface area contributed by atoms with Crippen molar-refractivity contribution in [3.05, 3.63) is 41.5 Å². The number of aryl methyl sites for hydroxylation is 2. The van der Waals surface area contributed by atoms with Crippen LogP contribution in [0.15, 0.2) is 24.3 Å². The van der Waals surface area contributed by atoms with Crippen LogP contribution in [0.25, 0.3) is 0 Å². The van der Waals surface area contributed by atoms with Crippen molar-refractivity contribution in [3.8, 4) is 5.75 Å². The first-order valence-electron chi connectivity index (χ1n) is 8.55. The topological polar surface area (TPSA) is 69.0 Å². The van der Waals surface area contributed by atoms with E-state index in [1.807, 2.05) is 31.2 Å². The predicted octanol–water partition coefficient (Wildman–Crippen LogP) is 2.40. The maximum Gasteiger partial charge on any atom is 0.261 e. The predicted molar refractivity (Wildman–Crippen MR) is 90.7 cm³/mol. The molecule has 1 amide bonds. The first-order chi connectivity index (χ1) is 11.6. The number of hydrogen-bond donors (Lipinski definition) is 1. The lowest BCUT2D eigenvalue weighted by Crippen LogP contribution is -2.36. The largest absolute Gasteiger partial charge is 0.481 e. The second kappa shape index (κ2) is 7.47. The van der Waals surface area contributed by atoms with Crippen LogP contribution in [0.5, 0.6) is 5.75 Å². The van der Waals surface area contributed by atoms with Crippen LogP contribution in [0, 0.1) is 6.92 Å². The normalized spacial score (nSPS) is 15.2. The molecule has 128 valence electrons. The molecule has 0 aliphatic carbocycles. The van der Waals surface area contributed by atoms with Crippen molar-refractivity contribution in [1.29, 1.82) is 0 Å². The average Bonchev–Trinajstić information content (AvgIpc) is 2.81. The second-order valence-corrected chi connectivity index (χ2v) is 6.29. The van der Waals surface area contributed by atoms with Gasteiger partial charge < -0.3 is 14.6 Å². The molecule has 0 saturated heterocycles. The number of carbonyl (C=O) groups excluding carboxylic acids is 1. The van der Waals surface area contributed by atoms with Gasteiger partial charge >= 0.3 is 0 Å². The minimum absolute atomic E-state index is 0.151. The Kier molecular flexibility index (Phi) is 5.13. The fraction of sp³-hybridized carbons (Fsp3) is 0.500. The van der Waals surface area contributed by atoms with Gasteiger partial charge in [0.1, 0.15) is 11.6 Å². The van der Waals surface area contributed by atoms with Crippen LogP contribution in [0.2, 0.25) is 0 Å². The molecule has 0 radical (unpaired) electrons. The summed E-state index contributed by atoms with van der Waals surface area (Å²) in [5, 5.41) is 11.4. The molecule has 0 fully saturated rings. The average molecular weight is 328 g/mol. The van der Waals surface area contributed by atoms with E-state index in [-0.39, 0.29) is 5.91 Å². The van der Waals surface area contributed by atoms with Gasteiger partial charge in [-0.05, 0) is 38.8 Å². The quantitative estimate of drug-likeness (QED) is 0.915. The third kappa shape index (κ3) is 3.93. The van der Waals surface area contributed by atoms with Crippen LogP contribution >= 0.6 is 0 Å². The number of benzene rings is 1. The van der Waals surface area contributed by atoms with Crippen molar-refractivity contribution in [2.45, 2.75) is 58.7 Å². The van der Waals surface area contributed by atoms with Crippen molar-refractivity contribution in [3.63, 3.8) is 0 Å². The Hall–Kier alpha value is -2.37. The van der Waals surface area contributed by atoms with Crippen LogP contribution < -0.4 is 10.1 Å². The van der Waals surface area contributed by atoms with Crippen molar-refractivity contribution in [1.82, 2.24) is 20.1 Å². The standard InChI is InChI=1S/C18H24N4O2/c1-13-7-9-15(10-8-13)24-14(2)18(23)19-12-17-21-20-16-6-4-3-5-11-22(16)17/h7-10,14H,3-6,11-12H2,1-2H3,(H,19,23). The zero-order chi connectivity index (χ0) is 16.9. The zero-order valence-corrected chi connectivity index (χ0v) is 14.3. The Balaban J connectivity index is 1.55. The molecule has 24 heavy (non-hydrogen) atoms. The highest BCUT2D eigenvalue weighted by Crippen LogP contribution is 2.15. The van der Waals surface area contributed by atoms with Crippen LogP contribution in [0.1, 0.15) is 43.4 Å². The summed E-state index contributed by atoms with van der Waals surface area (Å²) in [6.07, 6.45) is 3.93. The molecule has 6 nitrogen and oxygen atoms in total. The molecule has 2 heterocycles. The van der Waals surface area contributed by atoms with Gasteiger partial charge in [-0.3, -0.25) is 4.79 Å². The third-order valence-electron chi connectivity index (χ3n) is 4.31. The van der Waals surface area contributed by atoms with Crippen molar-refractivity contribution >= 4 is 5.91 Å². The Morgan fingerprint density at radius 3 is 2.83 bits per heavy atom. The summed E-state index contributed by atoms with van der Waals surface area (Å²) in [5.74, 6) is 2.39. The number of nitrogens with zero attached hydrogens (tertiary/aromatic N) is 3. The Morgan fingerprint density at radius 1 is 1.25 bits per heavy atom. The maximum atomic E-state index is 12.3. The molecule has 2 aromatic rings. The Labute approximate surface area is 142 Å². The van der Waals surface area contributed by atoms with Gasteiger partial charge in [0.05, 0.1) is 6.54 Å². The van der Waals surface area contributed by atoms with E-state index >= 15 is 0 Å². The van der Waals surface area contributed by atoms with E-state index in [2.05, 4.69) is 20.1 Å². The van der Waals surface area contributed by atoms with Gasteiger partial charge in [-0.2, -0.15) is 0 Å². The van der Waals surface area contributed by atoms with Crippen LogP contribution in [0.4, 0.5) is 0 Å². The molecule has 6 heteroatoms. The third-order valence-corrected chi connectivity index (χ3v) is 4.31. The molecule has 0 spiro atoms. The maximum absolute atomic E-state index is 12.3. The molecule has 3 rings (SSSR count). The van der Waals surface area contributed by atoms with Crippen LogP contribution in [-0.4, -0.2) is 26.8 Å². The molecule has 1 aliphatic rings. The van der Waals surface area contributed by atoms with Crippen LogP contribution in [-0.2, 0) is 24.3 Å². The molecule has 1 aromatic heterocycles.